The molecule has 0 bridgehead atoms. The number of carbonyl (C=O) groups is 1. The molecule has 0 unspecified atom stereocenters. The summed E-state index contributed by atoms with van der Waals surface area (Å²) in [5.74, 6) is -0.956. The second-order valence-corrected chi connectivity index (χ2v) is 5.90. The number of carbonyl (C=O) groups excluding carboxylic acids is 1. The minimum absolute atomic E-state index is 0.0668. The van der Waals surface area contributed by atoms with Crippen LogP contribution in [0.5, 0.6) is 5.75 Å². The third kappa shape index (κ3) is 3.91. The summed E-state index contributed by atoms with van der Waals surface area (Å²) in [4.78, 5) is 23.7. The average Bonchev–Trinajstić information content (AvgIpc) is 2.59. The fraction of sp³-hybridized carbons (Fsp3) is 0.200. The molecule has 1 heterocycles. The maximum Gasteiger partial charge on any atom is 0.336 e. The Kier molecular flexibility index (Phi) is 5.02. The number of esters is 1. The van der Waals surface area contributed by atoms with E-state index < -0.39 is 17.4 Å². The molecule has 0 fully saturated rings. The van der Waals surface area contributed by atoms with E-state index in [0.29, 0.717) is 22.1 Å². The van der Waals surface area contributed by atoms with Crippen molar-refractivity contribution in [3.63, 3.8) is 0 Å². The number of benzene rings is 2. The summed E-state index contributed by atoms with van der Waals surface area (Å²) in [6, 6.07) is 11.0. The van der Waals surface area contributed by atoms with Gasteiger partial charge in [-0.3, -0.25) is 4.79 Å². The zero-order valence-corrected chi connectivity index (χ0v) is 14.4. The number of aryl methyl sites for hydroxylation is 1. The van der Waals surface area contributed by atoms with Gasteiger partial charge in [0.05, 0.1) is 13.5 Å². The van der Waals surface area contributed by atoms with Crippen LogP contribution in [0.2, 0.25) is 0 Å². The third-order valence-corrected chi connectivity index (χ3v) is 3.94. The van der Waals surface area contributed by atoms with Crippen molar-refractivity contribution in [1.82, 2.24) is 0 Å². The van der Waals surface area contributed by atoms with E-state index >= 15 is 0 Å². The maximum atomic E-state index is 13.7. The monoisotopic (exact) mass is 356 g/mol. The van der Waals surface area contributed by atoms with Gasteiger partial charge in [-0.05, 0) is 36.2 Å². The molecular weight excluding hydrogens is 339 g/mol. The summed E-state index contributed by atoms with van der Waals surface area (Å²) in [6.07, 6.45) is -0.0839. The maximum absolute atomic E-state index is 13.7. The summed E-state index contributed by atoms with van der Waals surface area (Å²) >= 11 is 0. The van der Waals surface area contributed by atoms with Crippen molar-refractivity contribution in [2.24, 2.45) is 0 Å². The van der Waals surface area contributed by atoms with E-state index in [1.165, 1.54) is 25.3 Å². The van der Waals surface area contributed by atoms with E-state index in [9.17, 15) is 14.0 Å². The molecule has 0 aliphatic rings. The normalized spacial score (nSPS) is 10.7. The van der Waals surface area contributed by atoms with Crippen LogP contribution in [0.3, 0.4) is 0 Å². The SMILES string of the molecule is COc1ccc(CC(=O)OCc2cc(=O)oc3cc(C)ccc23)cc1F. The molecule has 0 saturated heterocycles. The van der Waals surface area contributed by atoms with Gasteiger partial charge in [0.2, 0.25) is 0 Å². The molecule has 0 amide bonds. The van der Waals surface area contributed by atoms with Crippen molar-refractivity contribution < 1.29 is 23.1 Å². The third-order valence-electron chi connectivity index (χ3n) is 3.94. The van der Waals surface area contributed by atoms with E-state index in [1.54, 1.807) is 12.1 Å². The van der Waals surface area contributed by atoms with Gasteiger partial charge in [-0.15, -0.1) is 0 Å². The fourth-order valence-electron chi connectivity index (χ4n) is 2.65. The average molecular weight is 356 g/mol. The zero-order chi connectivity index (χ0) is 18.7. The largest absolute Gasteiger partial charge is 0.494 e. The molecule has 0 atom stereocenters. The van der Waals surface area contributed by atoms with Crippen LogP contribution in [0, 0.1) is 12.7 Å². The summed E-state index contributed by atoms with van der Waals surface area (Å²) in [6.45, 7) is 1.82. The lowest BCUT2D eigenvalue weighted by Crippen LogP contribution is -2.10. The first-order chi connectivity index (χ1) is 12.5. The van der Waals surface area contributed by atoms with Gasteiger partial charge in [0.25, 0.3) is 0 Å². The Morgan fingerprint density at radius 1 is 1.15 bits per heavy atom. The molecule has 0 radical (unpaired) electrons. The highest BCUT2D eigenvalue weighted by Gasteiger charge is 2.11. The van der Waals surface area contributed by atoms with Gasteiger partial charge in [-0.25, -0.2) is 9.18 Å². The van der Waals surface area contributed by atoms with Gasteiger partial charge < -0.3 is 13.9 Å². The smallest absolute Gasteiger partial charge is 0.336 e. The van der Waals surface area contributed by atoms with E-state index in [4.69, 9.17) is 13.9 Å². The second kappa shape index (κ2) is 7.39. The Morgan fingerprint density at radius 2 is 1.96 bits per heavy atom. The molecule has 6 heteroatoms. The van der Waals surface area contributed by atoms with Crippen LogP contribution in [0.1, 0.15) is 16.7 Å². The summed E-state index contributed by atoms with van der Waals surface area (Å²) in [5, 5.41) is 0.707. The number of hydrogen-bond acceptors (Lipinski definition) is 5. The first-order valence-corrected chi connectivity index (χ1v) is 7.97. The fourth-order valence-corrected chi connectivity index (χ4v) is 2.65. The summed E-state index contributed by atoms with van der Waals surface area (Å²) in [7, 11) is 1.37. The summed E-state index contributed by atoms with van der Waals surface area (Å²) < 4.78 is 28.9. The van der Waals surface area contributed by atoms with Gasteiger partial charge in [0, 0.05) is 17.0 Å². The predicted molar refractivity (Wildman–Crippen MR) is 93.7 cm³/mol. The van der Waals surface area contributed by atoms with Gasteiger partial charge in [-0.1, -0.05) is 18.2 Å². The molecule has 2 aromatic carbocycles. The van der Waals surface area contributed by atoms with E-state index in [0.717, 1.165) is 5.56 Å². The Hall–Kier alpha value is -3.15. The predicted octanol–water partition coefficient (Wildman–Crippen LogP) is 3.54. The number of halogens is 1. The molecular formula is C20H17FO5. The Bertz CT molecular complexity index is 1020. The van der Waals surface area contributed by atoms with Crippen LogP contribution in [0.4, 0.5) is 4.39 Å². The molecule has 0 aliphatic carbocycles. The number of hydrogen-bond donors (Lipinski definition) is 0. The van der Waals surface area contributed by atoms with E-state index in [-0.39, 0.29) is 18.8 Å². The molecule has 0 saturated carbocycles. The minimum atomic E-state index is -0.542. The highest BCUT2D eigenvalue weighted by molar-refractivity contribution is 5.81. The molecule has 3 rings (SSSR count). The molecule has 5 nitrogen and oxygen atoms in total. The standard InChI is InChI=1S/C20H17FO5/c1-12-3-5-15-14(10-20(23)26-18(15)7-12)11-25-19(22)9-13-4-6-17(24-2)16(21)8-13/h3-8,10H,9,11H2,1-2H3. The highest BCUT2D eigenvalue weighted by atomic mass is 19.1. The molecule has 134 valence electrons. The number of ether oxygens (including phenoxy) is 2. The molecule has 26 heavy (non-hydrogen) atoms. The topological polar surface area (TPSA) is 65.7 Å². The Labute approximate surface area is 149 Å². The van der Waals surface area contributed by atoms with Crippen LogP contribution in [0.25, 0.3) is 11.0 Å². The zero-order valence-electron chi connectivity index (χ0n) is 14.4. The molecule has 0 spiro atoms. The van der Waals surface area contributed by atoms with E-state index in [1.807, 2.05) is 19.1 Å². The van der Waals surface area contributed by atoms with Crippen molar-refractivity contribution in [1.29, 1.82) is 0 Å². The first kappa shape index (κ1) is 17.7. The van der Waals surface area contributed by atoms with Crippen molar-refractivity contribution in [3.8, 4) is 5.75 Å². The second-order valence-electron chi connectivity index (χ2n) is 5.90. The van der Waals surface area contributed by atoms with Gasteiger partial charge in [0.1, 0.15) is 12.2 Å². The van der Waals surface area contributed by atoms with Crippen LogP contribution >= 0.6 is 0 Å². The van der Waals surface area contributed by atoms with E-state index in [2.05, 4.69) is 0 Å². The quantitative estimate of drug-likeness (QED) is 0.517. The minimum Gasteiger partial charge on any atom is -0.494 e. The van der Waals surface area contributed by atoms with Gasteiger partial charge in [0.15, 0.2) is 11.6 Å². The number of methoxy groups -OCH3 is 1. The van der Waals surface area contributed by atoms with Crippen molar-refractivity contribution >= 4 is 16.9 Å². The Balaban J connectivity index is 1.73. The van der Waals surface area contributed by atoms with Gasteiger partial charge in [-0.2, -0.15) is 0 Å². The molecule has 0 aliphatic heterocycles. The van der Waals surface area contributed by atoms with Crippen molar-refractivity contribution in [3.05, 3.63) is 75.4 Å². The van der Waals surface area contributed by atoms with Gasteiger partial charge >= 0.3 is 11.6 Å². The molecule has 0 N–H and O–H groups in total. The summed E-state index contributed by atoms with van der Waals surface area (Å²) in [5.41, 5.74) is 1.93. The van der Waals surface area contributed by atoms with Crippen molar-refractivity contribution in [2.75, 3.05) is 7.11 Å². The molecule has 1 aromatic heterocycles. The molecule has 3 aromatic rings. The van der Waals surface area contributed by atoms with Crippen LogP contribution in [-0.2, 0) is 22.6 Å². The van der Waals surface area contributed by atoms with Crippen LogP contribution in [0.15, 0.2) is 51.7 Å². The number of fused-ring (bicyclic) bond motifs is 1. The van der Waals surface area contributed by atoms with Crippen LogP contribution < -0.4 is 10.4 Å². The first-order valence-electron chi connectivity index (χ1n) is 7.97. The lowest BCUT2D eigenvalue weighted by Gasteiger charge is -2.08. The lowest BCUT2D eigenvalue weighted by molar-refractivity contribution is -0.144. The highest BCUT2D eigenvalue weighted by Crippen LogP contribution is 2.20. The van der Waals surface area contributed by atoms with Crippen molar-refractivity contribution in [2.45, 2.75) is 20.0 Å². The lowest BCUT2D eigenvalue weighted by atomic mass is 10.1. The van der Waals surface area contributed by atoms with Crippen LogP contribution in [-0.4, -0.2) is 13.1 Å². The number of rotatable bonds is 5. The Morgan fingerprint density at radius 3 is 2.69 bits per heavy atom.